The van der Waals surface area contributed by atoms with Gasteiger partial charge in [0.2, 0.25) is 0 Å². The highest BCUT2D eigenvalue weighted by molar-refractivity contribution is 6.30. The second-order valence-electron chi connectivity index (χ2n) is 4.91. The molecule has 0 bridgehead atoms. The fourth-order valence-electron chi connectivity index (χ4n) is 2.44. The number of nitrogens with one attached hydrogen (secondary N) is 1. The summed E-state index contributed by atoms with van der Waals surface area (Å²) in [5.74, 6) is -1.31. The first kappa shape index (κ1) is 13.9. The second-order valence-corrected chi connectivity index (χ2v) is 5.35. The molecule has 0 spiro atoms. The number of hydrogen-bond acceptors (Lipinski definition) is 2. The van der Waals surface area contributed by atoms with Crippen LogP contribution in [0.25, 0.3) is 0 Å². The minimum Gasteiger partial charge on any atom is -0.480 e. The Hall–Kier alpha value is -1.55. The smallest absolute Gasteiger partial charge is 0.329 e. The van der Waals surface area contributed by atoms with Crippen LogP contribution >= 0.6 is 11.6 Å². The second kappa shape index (κ2) is 5.61. The highest BCUT2D eigenvalue weighted by Crippen LogP contribution is 2.29. The van der Waals surface area contributed by atoms with Crippen molar-refractivity contribution in [2.45, 2.75) is 37.6 Å². The van der Waals surface area contributed by atoms with Crippen LogP contribution in [-0.2, 0) is 4.79 Å². The predicted octanol–water partition coefficient (Wildman–Crippen LogP) is 2.86. The Morgan fingerprint density at radius 1 is 1.11 bits per heavy atom. The Labute approximate surface area is 116 Å². The third kappa shape index (κ3) is 3.07. The van der Waals surface area contributed by atoms with Crippen LogP contribution in [0.4, 0.5) is 0 Å². The van der Waals surface area contributed by atoms with Crippen molar-refractivity contribution in [3.63, 3.8) is 0 Å². The van der Waals surface area contributed by atoms with Gasteiger partial charge in [-0.1, -0.05) is 30.9 Å². The molecule has 1 amide bonds. The van der Waals surface area contributed by atoms with Crippen LogP contribution in [0.1, 0.15) is 42.5 Å². The molecule has 0 atom stereocenters. The van der Waals surface area contributed by atoms with Crippen LogP contribution in [-0.4, -0.2) is 22.5 Å². The van der Waals surface area contributed by atoms with Gasteiger partial charge in [0.25, 0.3) is 5.91 Å². The Morgan fingerprint density at radius 3 is 2.21 bits per heavy atom. The van der Waals surface area contributed by atoms with E-state index in [0.717, 1.165) is 19.3 Å². The minimum absolute atomic E-state index is 0.360. The number of hydrogen-bond donors (Lipinski definition) is 2. The van der Waals surface area contributed by atoms with Crippen LogP contribution in [0, 0.1) is 0 Å². The average molecular weight is 282 g/mol. The summed E-state index contributed by atoms with van der Waals surface area (Å²) in [6.07, 6.45) is 3.65. The third-order valence-electron chi connectivity index (χ3n) is 3.58. The van der Waals surface area contributed by atoms with Crippen LogP contribution in [0.15, 0.2) is 24.3 Å². The fraction of sp³-hybridized carbons (Fsp3) is 0.429. The first-order chi connectivity index (χ1) is 9.03. The summed E-state index contributed by atoms with van der Waals surface area (Å²) in [4.78, 5) is 23.6. The van der Waals surface area contributed by atoms with E-state index in [2.05, 4.69) is 5.32 Å². The van der Waals surface area contributed by atoms with Crippen LogP contribution in [0.5, 0.6) is 0 Å². The van der Waals surface area contributed by atoms with Crippen molar-refractivity contribution in [1.82, 2.24) is 5.32 Å². The molecule has 4 nitrogen and oxygen atoms in total. The Morgan fingerprint density at radius 2 is 1.68 bits per heavy atom. The van der Waals surface area contributed by atoms with E-state index in [1.54, 1.807) is 24.3 Å². The predicted molar refractivity (Wildman–Crippen MR) is 72.4 cm³/mol. The molecule has 1 aromatic carbocycles. The summed E-state index contributed by atoms with van der Waals surface area (Å²) < 4.78 is 0. The van der Waals surface area contributed by atoms with Crippen molar-refractivity contribution in [1.29, 1.82) is 0 Å². The lowest BCUT2D eigenvalue weighted by molar-refractivity contribution is -0.145. The topological polar surface area (TPSA) is 66.4 Å². The molecule has 19 heavy (non-hydrogen) atoms. The summed E-state index contributed by atoms with van der Waals surface area (Å²) in [6.45, 7) is 0. The van der Waals surface area contributed by atoms with E-state index in [1.807, 2.05) is 0 Å². The Bertz CT molecular complexity index is 478. The molecule has 1 aliphatic rings. The van der Waals surface area contributed by atoms with Gasteiger partial charge in [-0.05, 0) is 37.1 Å². The molecular formula is C14H16ClNO3. The normalized spacial score (nSPS) is 17.7. The quantitative estimate of drug-likeness (QED) is 0.895. The van der Waals surface area contributed by atoms with Gasteiger partial charge in [-0.15, -0.1) is 0 Å². The zero-order valence-corrected chi connectivity index (χ0v) is 11.2. The van der Waals surface area contributed by atoms with Gasteiger partial charge >= 0.3 is 5.97 Å². The van der Waals surface area contributed by atoms with Crippen molar-refractivity contribution in [2.75, 3.05) is 0 Å². The zero-order chi connectivity index (χ0) is 13.9. The van der Waals surface area contributed by atoms with Crippen molar-refractivity contribution in [2.24, 2.45) is 0 Å². The molecule has 102 valence electrons. The summed E-state index contributed by atoms with van der Waals surface area (Å²) in [6, 6.07) is 6.42. The lowest BCUT2D eigenvalue weighted by Gasteiger charge is -2.33. The number of carbonyl (C=O) groups excluding carboxylic acids is 1. The van der Waals surface area contributed by atoms with Crippen molar-refractivity contribution in [3.05, 3.63) is 34.9 Å². The zero-order valence-electron chi connectivity index (χ0n) is 10.5. The van der Waals surface area contributed by atoms with Gasteiger partial charge in [0.15, 0.2) is 0 Å². The summed E-state index contributed by atoms with van der Waals surface area (Å²) in [7, 11) is 0. The number of aliphatic carboxylic acids is 1. The highest BCUT2D eigenvalue weighted by Gasteiger charge is 2.41. The molecular weight excluding hydrogens is 266 g/mol. The lowest BCUT2D eigenvalue weighted by atomic mass is 9.81. The number of benzene rings is 1. The highest BCUT2D eigenvalue weighted by atomic mass is 35.5. The standard InChI is InChI=1S/C14H16ClNO3/c15-11-6-4-10(5-7-11)12(17)16-14(13(18)19)8-2-1-3-9-14/h4-7H,1-3,8-9H2,(H,16,17)(H,18,19). The first-order valence-corrected chi connectivity index (χ1v) is 6.73. The van der Waals surface area contributed by atoms with Crippen molar-refractivity contribution < 1.29 is 14.7 Å². The van der Waals surface area contributed by atoms with Gasteiger partial charge in [-0.2, -0.15) is 0 Å². The SMILES string of the molecule is O=C(NC1(C(=O)O)CCCCC1)c1ccc(Cl)cc1. The van der Waals surface area contributed by atoms with E-state index < -0.39 is 11.5 Å². The van der Waals surface area contributed by atoms with Gasteiger partial charge in [-0.25, -0.2) is 4.79 Å². The van der Waals surface area contributed by atoms with Gasteiger partial charge in [-0.3, -0.25) is 4.79 Å². The molecule has 1 aliphatic carbocycles. The molecule has 1 saturated carbocycles. The van der Waals surface area contributed by atoms with Crippen molar-refractivity contribution in [3.8, 4) is 0 Å². The number of carboxylic acids is 1. The molecule has 2 N–H and O–H groups in total. The van der Waals surface area contributed by atoms with Gasteiger partial charge in [0.05, 0.1) is 0 Å². The summed E-state index contributed by atoms with van der Waals surface area (Å²) >= 11 is 5.76. The Kier molecular flexibility index (Phi) is 4.10. The van der Waals surface area contributed by atoms with E-state index in [1.165, 1.54) is 0 Å². The van der Waals surface area contributed by atoms with Crippen LogP contribution < -0.4 is 5.32 Å². The summed E-state index contributed by atoms with van der Waals surface area (Å²) in [5.41, 5.74) is -0.690. The fourth-order valence-corrected chi connectivity index (χ4v) is 2.56. The molecule has 5 heteroatoms. The number of rotatable bonds is 3. The monoisotopic (exact) mass is 281 g/mol. The maximum Gasteiger partial charge on any atom is 0.329 e. The maximum atomic E-state index is 12.1. The molecule has 2 rings (SSSR count). The largest absolute Gasteiger partial charge is 0.480 e. The van der Waals surface area contributed by atoms with Gasteiger partial charge in [0, 0.05) is 10.6 Å². The molecule has 0 unspecified atom stereocenters. The molecule has 0 heterocycles. The van der Waals surface area contributed by atoms with E-state index in [-0.39, 0.29) is 5.91 Å². The Balaban J connectivity index is 2.15. The van der Waals surface area contributed by atoms with Crippen LogP contribution in [0.2, 0.25) is 5.02 Å². The van der Waals surface area contributed by atoms with Crippen LogP contribution in [0.3, 0.4) is 0 Å². The van der Waals surface area contributed by atoms with Gasteiger partial charge < -0.3 is 10.4 Å². The van der Waals surface area contributed by atoms with Gasteiger partial charge in [0.1, 0.15) is 5.54 Å². The first-order valence-electron chi connectivity index (χ1n) is 6.35. The molecule has 0 radical (unpaired) electrons. The maximum absolute atomic E-state index is 12.1. The van der Waals surface area contributed by atoms with E-state index in [0.29, 0.717) is 23.4 Å². The number of halogens is 1. The van der Waals surface area contributed by atoms with E-state index in [9.17, 15) is 14.7 Å². The number of carbonyl (C=O) groups is 2. The lowest BCUT2D eigenvalue weighted by Crippen LogP contribution is -2.55. The third-order valence-corrected chi connectivity index (χ3v) is 3.83. The summed E-state index contributed by atoms with van der Waals surface area (Å²) in [5, 5.41) is 12.6. The van der Waals surface area contributed by atoms with E-state index in [4.69, 9.17) is 11.6 Å². The average Bonchev–Trinajstić information content (AvgIpc) is 2.40. The number of amides is 1. The van der Waals surface area contributed by atoms with Crippen molar-refractivity contribution >= 4 is 23.5 Å². The molecule has 0 aliphatic heterocycles. The molecule has 1 aromatic rings. The van der Waals surface area contributed by atoms with E-state index >= 15 is 0 Å². The minimum atomic E-state index is -1.12. The number of carboxylic acid groups (broad SMARTS) is 1. The molecule has 0 aromatic heterocycles. The molecule has 0 saturated heterocycles. The molecule has 1 fully saturated rings.